The van der Waals surface area contributed by atoms with E-state index in [2.05, 4.69) is 19.1 Å². The summed E-state index contributed by atoms with van der Waals surface area (Å²) < 4.78 is 11.5. The van der Waals surface area contributed by atoms with E-state index in [0.717, 1.165) is 11.1 Å². The van der Waals surface area contributed by atoms with Crippen molar-refractivity contribution in [3.05, 3.63) is 65.2 Å². The molecule has 0 aromatic heterocycles. The Bertz CT molecular complexity index is 699. The van der Waals surface area contributed by atoms with Crippen LogP contribution in [-0.2, 0) is 6.61 Å². The Kier molecular flexibility index (Phi) is 5.62. The minimum absolute atomic E-state index is 0.495. The van der Waals surface area contributed by atoms with Gasteiger partial charge in [-0.1, -0.05) is 35.9 Å². The number of benzene rings is 2. The van der Waals surface area contributed by atoms with Crippen molar-refractivity contribution in [3.63, 3.8) is 0 Å². The van der Waals surface area contributed by atoms with E-state index in [1.807, 2.05) is 43.3 Å². The van der Waals surface area contributed by atoms with Crippen LogP contribution in [0.15, 0.2) is 48.5 Å². The first-order valence-corrected chi connectivity index (χ1v) is 7.24. The van der Waals surface area contributed by atoms with Gasteiger partial charge in [-0.05, 0) is 43.2 Å². The Hall–Kier alpha value is -2.73. The molecule has 0 amide bonds. The molecule has 2 aromatic carbocycles. The highest BCUT2D eigenvalue weighted by atomic mass is 16.5. The van der Waals surface area contributed by atoms with Gasteiger partial charge in [0.2, 0.25) is 0 Å². The lowest BCUT2D eigenvalue weighted by Crippen LogP contribution is -2.00. The zero-order valence-electron chi connectivity index (χ0n) is 12.9. The number of nitriles is 1. The van der Waals surface area contributed by atoms with Gasteiger partial charge in [-0.3, -0.25) is 0 Å². The lowest BCUT2D eigenvalue weighted by molar-refractivity contribution is 0.269. The number of hydrogen-bond donors (Lipinski definition) is 0. The fourth-order valence-corrected chi connectivity index (χ4v) is 2.11. The smallest absolute Gasteiger partial charge is 0.161 e. The molecule has 3 nitrogen and oxygen atoms in total. The van der Waals surface area contributed by atoms with Crippen molar-refractivity contribution in [2.45, 2.75) is 20.5 Å². The van der Waals surface area contributed by atoms with Gasteiger partial charge in [-0.2, -0.15) is 5.26 Å². The lowest BCUT2D eigenvalue weighted by Gasteiger charge is -2.13. The minimum atomic E-state index is 0.495. The van der Waals surface area contributed by atoms with E-state index in [4.69, 9.17) is 14.7 Å². The van der Waals surface area contributed by atoms with Crippen molar-refractivity contribution < 1.29 is 9.47 Å². The molecule has 0 saturated heterocycles. The number of hydrogen-bond acceptors (Lipinski definition) is 3. The van der Waals surface area contributed by atoms with E-state index >= 15 is 0 Å². The van der Waals surface area contributed by atoms with Crippen LogP contribution in [-0.4, -0.2) is 6.61 Å². The predicted octanol–water partition coefficient (Wildman–Crippen LogP) is 4.51. The summed E-state index contributed by atoms with van der Waals surface area (Å²) in [6.45, 7) is 5.05. The Morgan fingerprint density at radius 2 is 1.95 bits per heavy atom. The Morgan fingerprint density at radius 3 is 2.68 bits per heavy atom. The highest BCUT2D eigenvalue weighted by molar-refractivity contribution is 5.57. The first kappa shape index (κ1) is 15.7. The van der Waals surface area contributed by atoms with Crippen molar-refractivity contribution in [2.24, 2.45) is 0 Å². The summed E-state index contributed by atoms with van der Waals surface area (Å²) in [6, 6.07) is 15.9. The zero-order chi connectivity index (χ0) is 15.8. The van der Waals surface area contributed by atoms with Gasteiger partial charge in [0.1, 0.15) is 6.61 Å². The molecule has 0 aliphatic carbocycles. The molecule has 2 rings (SSSR count). The summed E-state index contributed by atoms with van der Waals surface area (Å²) >= 11 is 0. The van der Waals surface area contributed by atoms with Crippen molar-refractivity contribution >= 4 is 6.08 Å². The molecule has 2 aromatic rings. The maximum Gasteiger partial charge on any atom is 0.161 e. The van der Waals surface area contributed by atoms with Crippen LogP contribution in [0.1, 0.15) is 23.6 Å². The average molecular weight is 293 g/mol. The van der Waals surface area contributed by atoms with Gasteiger partial charge in [-0.25, -0.2) is 0 Å². The quantitative estimate of drug-likeness (QED) is 0.736. The standard InChI is InChI=1S/C19H19NO2/c1-3-21-19-13-16(8-5-11-20)9-10-18(19)22-14-17-7-4-6-15(2)12-17/h4-10,12-13H,3,14H2,1-2H3/b8-5+. The number of allylic oxidation sites excluding steroid dienone is 1. The molecule has 0 fully saturated rings. The highest BCUT2D eigenvalue weighted by Gasteiger charge is 2.06. The topological polar surface area (TPSA) is 42.2 Å². The lowest BCUT2D eigenvalue weighted by atomic mass is 10.1. The van der Waals surface area contributed by atoms with E-state index in [0.29, 0.717) is 24.7 Å². The molecule has 0 aliphatic rings. The summed E-state index contributed by atoms with van der Waals surface area (Å²) in [6.07, 6.45) is 3.19. The molecule has 0 saturated carbocycles. The van der Waals surface area contributed by atoms with Crippen LogP contribution in [0.2, 0.25) is 0 Å². The van der Waals surface area contributed by atoms with E-state index < -0.39 is 0 Å². The van der Waals surface area contributed by atoms with Crippen molar-refractivity contribution in [1.29, 1.82) is 5.26 Å². The average Bonchev–Trinajstić information content (AvgIpc) is 2.52. The van der Waals surface area contributed by atoms with Crippen LogP contribution >= 0.6 is 0 Å². The summed E-state index contributed by atoms with van der Waals surface area (Å²) in [5, 5.41) is 8.59. The molecule has 112 valence electrons. The molecule has 0 unspecified atom stereocenters. The normalized spacial score (nSPS) is 10.4. The van der Waals surface area contributed by atoms with E-state index in [-0.39, 0.29) is 0 Å². The second-order valence-corrected chi connectivity index (χ2v) is 4.88. The molecule has 0 bridgehead atoms. The third-order valence-corrected chi connectivity index (χ3v) is 3.09. The SMILES string of the molecule is CCOc1cc(/C=C/C#N)ccc1OCc1cccc(C)c1. The van der Waals surface area contributed by atoms with E-state index in [1.54, 1.807) is 6.08 Å². The molecular formula is C19H19NO2. The Labute approximate surface area is 131 Å². The van der Waals surface area contributed by atoms with Crippen LogP contribution in [0.5, 0.6) is 11.5 Å². The van der Waals surface area contributed by atoms with Crippen molar-refractivity contribution in [1.82, 2.24) is 0 Å². The molecule has 3 heteroatoms. The van der Waals surface area contributed by atoms with Crippen LogP contribution in [0, 0.1) is 18.3 Å². The fraction of sp³-hybridized carbons (Fsp3) is 0.211. The van der Waals surface area contributed by atoms with Crippen LogP contribution in [0.25, 0.3) is 6.08 Å². The number of ether oxygens (including phenoxy) is 2. The van der Waals surface area contributed by atoms with Gasteiger partial charge < -0.3 is 9.47 Å². The summed E-state index contributed by atoms with van der Waals surface area (Å²) in [5.41, 5.74) is 3.24. The zero-order valence-corrected chi connectivity index (χ0v) is 12.9. The van der Waals surface area contributed by atoms with Gasteiger partial charge in [0.15, 0.2) is 11.5 Å². The van der Waals surface area contributed by atoms with Gasteiger partial charge >= 0.3 is 0 Å². The number of aryl methyl sites for hydroxylation is 1. The van der Waals surface area contributed by atoms with Crippen LogP contribution in [0.4, 0.5) is 0 Å². The van der Waals surface area contributed by atoms with Crippen LogP contribution in [0.3, 0.4) is 0 Å². The van der Waals surface area contributed by atoms with Gasteiger partial charge in [0, 0.05) is 6.08 Å². The second-order valence-electron chi connectivity index (χ2n) is 4.88. The van der Waals surface area contributed by atoms with Gasteiger partial charge in [-0.15, -0.1) is 0 Å². The molecular weight excluding hydrogens is 274 g/mol. The van der Waals surface area contributed by atoms with E-state index in [1.165, 1.54) is 11.6 Å². The molecule has 0 heterocycles. The monoisotopic (exact) mass is 293 g/mol. The minimum Gasteiger partial charge on any atom is -0.490 e. The first-order chi connectivity index (χ1) is 10.7. The number of nitrogens with zero attached hydrogens (tertiary/aromatic N) is 1. The highest BCUT2D eigenvalue weighted by Crippen LogP contribution is 2.29. The molecule has 0 aliphatic heterocycles. The van der Waals surface area contributed by atoms with Crippen molar-refractivity contribution in [3.8, 4) is 17.6 Å². The maximum absolute atomic E-state index is 8.59. The molecule has 0 radical (unpaired) electrons. The third kappa shape index (κ3) is 4.39. The first-order valence-electron chi connectivity index (χ1n) is 7.24. The predicted molar refractivity (Wildman–Crippen MR) is 87.8 cm³/mol. The third-order valence-electron chi connectivity index (χ3n) is 3.09. The largest absolute Gasteiger partial charge is 0.490 e. The van der Waals surface area contributed by atoms with Crippen molar-refractivity contribution in [2.75, 3.05) is 6.61 Å². The summed E-state index contributed by atoms with van der Waals surface area (Å²) in [7, 11) is 0. The number of rotatable bonds is 6. The summed E-state index contributed by atoms with van der Waals surface area (Å²) in [4.78, 5) is 0. The maximum atomic E-state index is 8.59. The van der Waals surface area contributed by atoms with Gasteiger partial charge in [0.25, 0.3) is 0 Å². The summed E-state index contributed by atoms with van der Waals surface area (Å²) in [5.74, 6) is 1.40. The Morgan fingerprint density at radius 1 is 1.09 bits per heavy atom. The van der Waals surface area contributed by atoms with Gasteiger partial charge in [0.05, 0.1) is 12.7 Å². The molecule has 0 spiro atoms. The van der Waals surface area contributed by atoms with E-state index in [9.17, 15) is 0 Å². The van der Waals surface area contributed by atoms with Crippen LogP contribution < -0.4 is 9.47 Å². The molecule has 0 atom stereocenters. The Balaban J connectivity index is 2.15. The fourth-order valence-electron chi connectivity index (χ4n) is 2.11. The molecule has 0 N–H and O–H groups in total. The molecule has 22 heavy (non-hydrogen) atoms. The second kappa shape index (κ2) is 7.90.